The summed E-state index contributed by atoms with van der Waals surface area (Å²) in [5.41, 5.74) is 1.21. The third-order valence-electron chi connectivity index (χ3n) is 6.44. The molecule has 3 fully saturated rings. The van der Waals surface area contributed by atoms with Gasteiger partial charge in [0.15, 0.2) is 0 Å². The van der Waals surface area contributed by atoms with Gasteiger partial charge in [0.2, 0.25) is 11.8 Å². The summed E-state index contributed by atoms with van der Waals surface area (Å²) in [7, 11) is 0. The Morgan fingerprint density at radius 2 is 1.86 bits per heavy atom. The summed E-state index contributed by atoms with van der Waals surface area (Å²) in [6.45, 7) is 4.34. The van der Waals surface area contributed by atoms with Crippen LogP contribution in [0.1, 0.15) is 43.7 Å². The topological polar surface area (TPSA) is 61.9 Å². The molecular formula is C22H31N3O3. The number of nitrogens with one attached hydrogen (secondary N) is 1. The fourth-order valence-electron chi connectivity index (χ4n) is 4.84. The molecule has 2 saturated heterocycles. The first-order valence-corrected chi connectivity index (χ1v) is 10.7. The van der Waals surface area contributed by atoms with Crippen LogP contribution in [-0.2, 0) is 14.3 Å². The van der Waals surface area contributed by atoms with Gasteiger partial charge in [-0.1, -0.05) is 43.2 Å². The van der Waals surface area contributed by atoms with Gasteiger partial charge in [0.05, 0.1) is 25.2 Å². The number of benzene rings is 1. The minimum absolute atomic E-state index is 0.0167. The van der Waals surface area contributed by atoms with Gasteiger partial charge in [-0.2, -0.15) is 0 Å². The van der Waals surface area contributed by atoms with Gasteiger partial charge in [-0.3, -0.25) is 14.5 Å². The Morgan fingerprint density at radius 1 is 1.14 bits per heavy atom. The van der Waals surface area contributed by atoms with Gasteiger partial charge in [0, 0.05) is 38.6 Å². The van der Waals surface area contributed by atoms with Crippen LogP contribution < -0.4 is 5.32 Å². The Morgan fingerprint density at radius 3 is 2.57 bits per heavy atom. The summed E-state index contributed by atoms with van der Waals surface area (Å²) >= 11 is 0. The lowest BCUT2D eigenvalue weighted by molar-refractivity contribution is -0.130. The van der Waals surface area contributed by atoms with Gasteiger partial charge >= 0.3 is 0 Å². The number of rotatable bonds is 6. The van der Waals surface area contributed by atoms with E-state index in [1.165, 1.54) is 18.4 Å². The van der Waals surface area contributed by atoms with Crippen LogP contribution in [0, 0.1) is 5.92 Å². The molecular weight excluding hydrogens is 354 g/mol. The van der Waals surface area contributed by atoms with Crippen LogP contribution in [0.4, 0.5) is 0 Å². The Balaban J connectivity index is 1.36. The maximum absolute atomic E-state index is 12.8. The van der Waals surface area contributed by atoms with Crippen LogP contribution in [-0.4, -0.2) is 67.0 Å². The molecule has 1 N–H and O–H groups in total. The molecule has 2 aliphatic heterocycles. The van der Waals surface area contributed by atoms with Crippen molar-refractivity contribution in [2.75, 3.05) is 39.4 Å². The summed E-state index contributed by atoms with van der Waals surface area (Å²) < 4.78 is 5.49. The van der Waals surface area contributed by atoms with Crippen molar-refractivity contribution in [1.29, 1.82) is 0 Å². The average Bonchev–Trinajstić information content (AvgIpc) is 3.39. The molecule has 2 heterocycles. The smallest absolute Gasteiger partial charge is 0.225 e. The quantitative estimate of drug-likeness (QED) is 0.813. The lowest BCUT2D eigenvalue weighted by Crippen LogP contribution is -2.45. The largest absolute Gasteiger partial charge is 0.379 e. The summed E-state index contributed by atoms with van der Waals surface area (Å²) in [5, 5.41) is 3.15. The zero-order valence-electron chi connectivity index (χ0n) is 16.5. The Labute approximate surface area is 167 Å². The molecule has 2 atom stereocenters. The van der Waals surface area contributed by atoms with E-state index in [1.54, 1.807) is 0 Å². The van der Waals surface area contributed by atoms with Crippen LogP contribution in [0.25, 0.3) is 0 Å². The van der Waals surface area contributed by atoms with E-state index in [4.69, 9.17) is 4.74 Å². The minimum Gasteiger partial charge on any atom is -0.379 e. The SMILES string of the molecule is O=C(NCC(c1ccccc1)N1CCOCC1)C1CC(=O)N(C2CCCC2)C1. The van der Waals surface area contributed by atoms with E-state index in [0.717, 1.165) is 39.1 Å². The number of hydrogen-bond acceptors (Lipinski definition) is 4. The first kappa shape index (κ1) is 19.4. The Kier molecular flexibility index (Phi) is 6.27. The van der Waals surface area contributed by atoms with Crippen LogP contribution in [0.2, 0.25) is 0 Å². The summed E-state index contributed by atoms with van der Waals surface area (Å²) in [5.74, 6) is -0.0444. The van der Waals surface area contributed by atoms with Crippen molar-refractivity contribution in [3.05, 3.63) is 35.9 Å². The molecule has 2 amide bonds. The standard InChI is InChI=1S/C22H31N3O3/c26-21-14-18(16-25(21)19-8-4-5-9-19)22(27)23-15-20(17-6-2-1-3-7-17)24-10-12-28-13-11-24/h1-3,6-7,18-20H,4-5,8-16H2,(H,23,27). The van der Waals surface area contributed by atoms with Gasteiger partial charge in [0.1, 0.15) is 0 Å². The number of carbonyl (C=O) groups excluding carboxylic acids is 2. The normalized spacial score (nSPS) is 25.2. The average molecular weight is 386 g/mol. The predicted octanol–water partition coefficient (Wildman–Crippen LogP) is 1.97. The van der Waals surface area contributed by atoms with Crippen molar-refractivity contribution in [3.8, 4) is 0 Å². The second-order valence-electron chi connectivity index (χ2n) is 8.21. The molecule has 1 aromatic rings. The maximum atomic E-state index is 12.8. The molecule has 1 aliphatic carbocycles. The lowest BCUT2D eigenvalue weighted by Gasteiger charge is -2.35. The fraction of sp³-hybridized carbons (Fsp3) is 0.636. The third-order valence-corrected chi connectivity index (χ3v) is 6.44. The van der Waals surface area contributed by atoms with E-state index in [9.17, 15) is 9.59 Å². The van der Waals surface area contributed by atoms with E-state index in [1.807, 2.05) is 23.1 Å². The molecule has 1 saturated carbocycles. The highest BCUT2D eigenvalue weighted by molar-refractivity contribution is 5.89. The monoisotopic (exact) mass is 385 g/mol. The number of carbonyl (C=O) groups is 2. The number of nitrogens with zero attached hydrogens (tertiary/aromatic N) is 2. The Hall–Kier alpha value is -1.92. The molecule has 0 aromatic heterocycles. The van der Waals surface area contributed by atoms with Crippen molar-refractivity contribution in [1.82, 2.24) is 15.1 Å². The number of morpholine rings is 1. The van der Waals surface area contributed by atoms with Gasteiger partial charge in [-0.05, 0) is 18.4 Å². The number of likely N-dealkylation sites (tertiary alicyclic amines) is 1. The van der Waals surface area contributed by atoms with Crippen molar-refractivity contribution in [2.24, 2.45) is 5.92 Å². The molecule has 4 rings (SSSR count). The predicted molar refractivity (Wildman–Crippen MR) is 107 cm³/mol. The van der Waals surface area contributed by atoms with Gasteiger partial charge in [0.25, 0.3) is 0 Å². The molecule has 2 unspecified atom stereocenters. The molecule has 1 aromatic carbocycles. The summed E-state index contributed by atoms with van der Waals surface area (Å²) in [4.78, 5) is 29.6. The molecule has 6 heteroatoms. The van der Waals surface area contributed by atoms with Crippen molar-refractivity contribution < 1.29 is 14.3 Å². The highest BCUT2D eigenvalue weighted by Crippen LogP contribution is 2.29. The zero-order chi connectivity index (χ0) is 19.3. The van der Waals surface area contributed by atoms with Crippen molar-refractivity contribution in [2.45, 2.75) is 44.2 Å². The van der Waals surface area contributed by atoms with Crippen molar-refractivity contribution >= 4 is 11.8 Å². The summed E-state index contributed by atoms with van der Waals surface area (Å²) in [6, 6.07) is 10.8. The Bertz CT molecular complexity index is 669. The highest BCUT2D eigenvalue weighted by atomic mass is 16.5. The minimum atomic E-state index is -0.214. The zero-order valence-corrected chi connectivity index (χ0v) is 16.5. The summed E-state index contributed by atoms with van der Waals surface area (Å²) in [6.07, 6.45) is 4.93. The van der Waals surface area contributed by atoms with Gasteiger partial charge in [-0.25, -0.2) is 0 Å². The van der Waals surface area contributed by atoms with Crippen LogP contribution in [0.3, 0.4) is 0 Å². The van der Waals surface area contributed by atoms with E-state index in [-0.39, 0.29) is 23.8 Å². The van der Waals surface area contributed by atoms with Crippen molar-refractivity contribution in [3.63, 3.8) is 0 Å². The van der Waals surface area contributed by atoms with Crippen LogP contribution in [0.5, 0.6) is 0 Å². The second-order valence-corrected chi connectivity index (χ2v) is 8.21. The van der Waals surface area contributed by atoms with E-state index in [2.05, 4.69) is 22.3 Å². The first-order valence-electron chi connectivity index (χ1n) is 10.7. The van der Waals surface area contributed by atoms with Gasteiger partial charge < -0.3 is 15.0 Å². The van der Waals surface area contributed by atoms with E-state index >= 15 is 0 Å². The second kappa shape index (κ2) is 9.05. The molecule has 28 heavy (non-hydrogen) atoms. The maximum Gasteiger partial charge on any atom is 0.225 e. The molecule has 3 aliphatic rings. The number of ether oxygens (including phenoxy) is 1. The molecule has 6 nitrogen and oxygen atoms in total. The first-order chi connectivity index (χ1) is 13.7. The molecule has 152 valence electrons. The molecule has 0 spiro atoms. The van der Waals surface area contributed by atoms with E-state index in [0.29, 0.717) is 25.6 Å². The lowest BCUT2D eigenvalue weighted by atomic mass is 10.0. The third kappa shape index (κ3) is 4.39. The highest BCUT2D eigenvalue weighted by Gasteiger charge is 2.38. The fourth-order valence-corrected chi connectivity index (χ4v) is 4.84. The van der Waals surface area contributed by atoms with Gasteiger partial charge in [-0.15, -0.1) is 0 Å². The number of hydrogen-bond donors (Lipinski definition) is 1. The van der Waals surface area contributed by atoms with Crippen LogP contribution >= 0.6 is 0 Å². The van der Waals surface area contributed by atoms with E-state index < -0.39 is 0 Å². The van der Waals surface area contributed by atoms with Crippen LogP contribution in [0.15, 0.2) is 30.3 Å². The number of amides is 2. The molecule has 0 radical (unpaired) electrons. The molecule has 0 bridgehead atoms.